The Bertz CT molecular complexity index is 446. The van der Waals surface area contributed by atoms with Gasteiger partial charge in [0.2, 0.25) is 10.0 Å². The van der Waals surface area contributed by atoms with E-state index in [0.29, 0.717) is 6.54 Å². The van der Waals surface area contributed by atoms with Crippen molar-refractivity contribution in [3.63, 3.8) is 0 Å². The van der Waals surface area contributed by atoms with Gasteiger partial charge in [-0.15, -0.1) is 5.10 Å². The summed E-state index contributed by atoms with van der Waals surface area (Å²) in [6.07, 6.45) is 3.04. The van der Waals surface area contributed by atoms with Gasteiger partial charge in [-0.2, -0.15) is 0 Å². The molecule has 0 aliphatic carbocycles. The van der Waals surface area contributed by atoms with E-state index in [-0.39, 0.29) is 11.8 Å². The molecule has 1 atom stereocenters. The van der Waals surface area contributed by atoms with Gasteiger partial charge in [-0.3, -0.25) is 4.90 Å². The van der Waals surface area contributed by atoms with Crippen molar-refractivity contribution in [2.45, 2.75) is 31.8 Å². The zero-order chi connectivity index (χ0) is 12.3. The molecule has 1 aliphatic rings. The second kappa shape index (κ2) is 5.38. The first kappa shape index (κ1) is 12.9. The molecule has 1 aromatic heterocycles. The van der Waals surface area contributed by atoms with Gasteiger partial charge in [0.25, 0.3) is 0 Å². The molecule has 1 aromatic rings. The number of hydrogen-bond donors (Lipinski definition) is 1. The maximum atomic E-state index is 11.2. The summed E-state index contributed by atoms with van der Waals surface area (Å²) in [5.41, 5.74) is 0.899. The van der Waals surface area contributed by atoms with E-state index in [4.69, 9.17) is 5.14 Å². The third-order valence-electron chi connectivity index (χ3n) is 2.94. The van der Waals surface area contributed by atoms with Crippen molar-refractivity contribution in [2.75, 3.05) is 12.3 Å². The molecule has 2 heterocycles. The van der Waals surface area contributed by atoms with E-state index in [1.165, 1.54) is 11.5 Å². The fraction of sp³-hybridized carbons (Fsp3) is 0.778. The zero-order valence-corrected chi connectivity index (χ0v) is 11.1. The third kappa shape index (κ3) is 3.98. The smallest absolute Gasteiger partial charge is 0.210 e. The number of piperidine rings is 1. The maximum Gasteiger partial charge on any atom is 0.210 e. The van der Waals surface area contributed by atoms with Crippen molar-refractivity contribution in [1.82, 2.24) is 14.5 Å². The summed E-state index contributed by atoms with van der Waals surface area (Å²) in [5.74, 6) is 0.0323. The van der Waals surface area contributed by atoms with E-state index in [1.54, 1.807) is 0 Å². The number of primary sulfonamides is 1. The highest BCUT2D eigenvalue weighted by Crippen LogP contribution is 2.20. The fourth-order valence-corrected chi connectivity index (χ4v) is 3.54. The van der Waals surface area contributed by atoms with Crippen LogP contribution in [-0.2, 0) is 16.6 Å². The highest BCUT2D eigenvalue weighted by Gasteiger charge is 2.26. The van der Waals surface area contributed by atoms with Gasteiger partial charge in [0, 0.05) is 18.0 Å². The summed E-state index contributed by atoms with van der Waals surface area (Å²) in [7, 11) is -3.41. The first-order valence-corrected chi connectivity index (χ1v) is 8.10. The molecule has 0 spiro atoms. The third-order valence-corrected chi connectivity index (χ3v) is 4.35. The SMILES string of the molecule is NS(=O)(=O)CC1CCCCN1Cc1csnn1. The lowest BCUT2D eigenvalue weighted by molar-refractivity contribution is 0.152. The summed E-state index contributed by atoms with van der Waals surface area (Å²) in [6.45, 7) is 1.56. The molecule has 6 nitrogen and oxygen atoms in total. The largest absolute Gasteiger partial charge is 0.293 e. The van der Waals surface area contributed by atoms with Crippen LogP contribution in [0, 0.1) is 0 Å². The maximum absolute atomic E-state index is 11.2. The Morgan fingerprint density at radius 3 is 3.00 bits per heavy atom. The van der Waals surface area contributed by atoms with Gasteiger partial charge in [-0.25, -0.2) is 13.6 Å². The monoisotopic (exact) mass is 276 g/mol. The molecule has 0 bridgehead atoms. The van der Waals surface area contributed by atoms with Crippen LogP contribution < -0.4 is 5.14 Å². The lowest BCUT2D eigenvalue weighted by atomic mass is 10.0. The molecule has 96 valence electrons. The standard InChI is InChI=1S/C9H16N4O2S2/c10-17(14,15)7-9-3-1-2-4-13(9)5-8-6-16-12-11-8/h6,9H,1-5,7H2,(H2,10,14,15). The van der Waals surface area contributed by atoms with Crippen molar-refractivity contribution in [3.05, 3.63) is 11.1 Å². The van der Waals surface area contributed by atoms with Gasteiger partial charge in [-0.05, 0) is 30.9 Å². The Morgan fingerprint density at radius 1 is 1.53 bits per heavy atom. The van der Waals surface area contributed by atoms with E-state index in [1.807, 2.05) is 5.38 Å². The van der Waals surface area contributed by atoms with Crippen LogP contribution in [-0.4, -0.2) is 41.2 Å². The van der Waals surface area contributed by atoms with E-state index < -0.39 is 10.0 Å². The summed E-state index contributed by atoms with van der Waals surface area (Å²) < 4.78 is 26.2. The zero-order valence-electron chi connectivity index (χ0n) is 9.45. The average Bonchev–Trinajstić information content (AvgIpc) is 2.71. The molecule has 2 rings (SSSR count). The molecule has 0 saturated carbocycles. The second-order valence-electron chi connectivity index (χ2n) is 4.35. The molecule has 8 heteroatoms. The fourth-order valence-electron chi connectivity index (χ4n) is 2.19. The minimum absolute atomic E-state index is 0.0143. The second-order valence-corrected chi connectivity index (χ2v) is 6.61. The van der Waals surface area contributed by atoms with Crippen LogP contribution in [0.4, 0.5) is 0 Å². The van der Waals surface area contributed by atoms with Gasteiger partial charge in [-0.1, -0.05) is 10.9 Å². The molecule has 1 aliphatic heterocycles. The van der Waals surface area contributed by atoms with E-state index >= 15 is 0 Å². The van der Waals surface area contributed by atoms with Crippen LogP contribution in [0.25, 0.3) is 0 Å². The lowest BCUT2D eigenvalue weighted by Gasteiger charge is -2.34. The van der Waals surface area contributed by atoms with Crippen molar-refractivity contribution in [2.24, 2.45) is 5.14 Å². The Labute approximate surface area is 105 Å². The summed E-state index contributed by atoms with van der Waals surface area (Å²) in [5, 5.41) is 11.0. The van der Waals surface area contributed by atoms with Gasteiger partial charge in [0.15, 0.2) is 0 Å². The Kier molecular flexibility index (Phi) is 4.08. The Hall–Kier alpha value is -0.570. The predicted octanol–water partition coefficient (Wildman–Crippen LogP) is 0.181. The molecule has 0 aromatic carbocycles. The van der Waals surface area contributed by atoms with E-state index in [0.717, 1.165) is 31.5 Å². The number of hydrogen-bond acceptors (Lipinski definition) is 6. The topological polar surface area (TPSA) is 89.2 Å². The van der Waals surface area contributed by atoms with Crippen molar-refractivity contribution in [1.29, 1.82) is 0 Å². The van der Waals surface area contributed by atoms with Crippen molar-refractivity contribution >= 4 is 21.6 Å². The summed E-state index contributed by atoms with van der Waals surface area (Å²) in [4.78, 5) is 2.14. The lowest BCUT2D eigenvalue weighted by Crippen LogP contribution is -2.44. The van der Waals surface area contributed by atoms with E-state index in [2.05, 4.69) is 14.5 Å². The number of rotatable bonds is 4. The molecule has 0 amide bonds. The average molecular weight is 276 g/mol. The Morgan fingerprint density at radius 2 is 2.35 bits per heavy atom. The predicted molar refractivity (Wildman–Crippen MR) is 65.9 cm³/mol. The number of sulfonamides is 1. The number of nitrogens with two attached hydrogens (primary N) is 1. The van der Waals surface area contributed by atoms with Gasteiger partial charge in [0.05, 0.1) is 11.4 Å². The van der Waals surface area contributed by atoms with Gasteiger partial charge >= 0.3 is 0 Å². The van der Waals surface area contributed by atoms with Crippen LogP contribution >= 0.6 is 11.5 Å². The normalized spacial score (nSPS) is 22.8. The van der Waals surface area contributed by atoms with Crippen LogP contribution in [0.15, 0.2) is 5.38 Å². The molecule has 1 fully saturated rings. The molecule has 0 radical (unpaired) electrons. The highest BCUT2D eigenvalue weighted by atomic mass is 32.2. The molecule has 17 heavy (non-hydrogen) atoms. The minimum atomic E-state index is -3.41. The number of likely N-dealkylation sites (tertiary alicyclic amines) is 1. The van der Waals surface area contributed by atoms with Crippen LogP contribution in [0.1, 0.15) is 25.0 Å². The number of nitrogens with zero attached hydrogens (tertiary/aromatic N) is 3. The summed E-state index contributed by atoms with van der Waals surface area (Å²) >= 11 is 1.31. The van der Waals surface area contributed by atoms with Gasteiger partial charge < -0.3 is 0 Å². The molecular formula is C9H16N4O2S2. The van der Waals surface area contributed by atoms with Crippen molar-refractivity contribution < 1.29 is 8.42 Å². The highest BCUT2D eigenvalue weighted by molar-refractivity contribution is 7.89. The first-order chi connectivity index (χ1) is 8.04. The molecular weight excluding hydrogens is 260 g/mol. The minimum Gasteiger partial charge on any atom is -0.293 e. The first-order valence-electron chi connectivity index (χ1n) is 5.55. The molecule has 1 unspecified atom stereocenters. The van der Waals surface area contributed by atoms with Crippen LogP contribution in [0.2, 0.25) is 0 Å². The molecule has 1 saturated heterocycles. The number of aromatic nitrogens is 2. The quantitative estimate of drug-likeness (QED) is 0.847. The van der Waals surface area contributed by atoms with Crippen LogP contribution in [0.5, 0.6) is 0 Å². The van der Waals surface area contributed by atoms with E-state index in [9.17, 15) is 8.42 Å². The summed E-state index contributed by atoms with van der Waals surface area (Å²) in [6, 6.07) is 0.0143. The van der Waals surface area contributed by atoms with Crippen LogP contribution in [0.3, 0.4) is 0 Å². The van der Waals surface area contributed by atoms with Gasteiger partial charge in [0.1, 0.15) is 0 Å². The Balaban J connectivity index is 2.02. The molecule has 2 N–H and O–H groups in total. The van der Waals surface area contributed by atoms with Crippen molar-refractivity contribution in [3.8, 4) is 0 Å².